The second-order valence-corrected chi connectivity index (χ2v) is 4.76. The van der Waals surface area contributed by atoms with Crippen LogP contribution in [0.15, 0.2) is 0 Å². The minimum absolute atomic E-state index is 0.196. The fraction of sp³-hybridized carbons (Fsp3) is 1.00. The Hall–Kier alpha value is -0.160. The summed E-state index contributed by atoms with van der Waals surface area (Å²) in [6, 6.07) is 0.562. The molecule has 0 aromatic rings. The Morgan fingerprint density at radius 1 is 1.53 bits per heavy atom. The highest BCUT2D eigenvalue weighted by Crippen LogP contribution is 2.30. The van der Waals surface area contributed by atoms with E-state index in [1.165, 1.54) is 12.8 Å². The molecule has 3 atom stereocenters. The summed E-state index contributed by atoms with van der Waals surface area (Å²) in [5.74, 6) is -0.387. The Kier molecular flexibility index (Phi) is 3.61. The van der Waals surface area contributed by atoms with Crippen LogP contribution in [-0.4, -0.2) is 37.6 Å². The second-order valence-electron chi connectivity index (χ2n) is 4.76. The lowest BCUT2D eigenvalue weighted by molar-refractivity contribution is -0.162. The summed E-state index contributed by atoms with van der Waals surface area (Å²) in [6.45, 7) is 4.54. The van der Waals surface area contributed by atoms with Gasteiger partial charge in [0, 0.05) is 12.5 Å². The van der Waals surface area contributed by atoms with E-state index in [0.717, 1.165) is 19.4 Å². The summed E-state index contributed by atoms with van der Waals surface area (Å²) in [5.41, 5.74) is 5.51. The lowest BCUT2D eigenvalue weighted by Gasteiger charge is -2.26. The molecule has 4 heteroatoms. The van der Waals surface area contributed by atoms with Crippen molar-refractivity contribution in [3.63, 3.8) is 0 Å². The van der Waals surface area contributed by atoms with Crippen molar-refractivity contribution in [3.05, 3.63) is 0 Å². The third-order valence-corrected chi connectivity index (χ3v) is 3.26. The minimum Gasteiger partial charge on any atom is -0.347 e. The van der Waals surface area contributed by atoms with Gasteiger partial charge < -0.3 is 20.5 Å². The fourth-order valence-electron chi connectivity index (χ4n) is 2.50. The van der Waals surface area contributed by atoms with Gasteiger partial charge in [-0.2, -0.15) is 0 Å². The van der Waals surface area contributed by atoms with E-state index in [1.54, 1.807) is 0 Å². The van der Waals surface area contributed by atoms with Crippen molar-refractivity contribution in [1.29, 1.82) is 0 Å². The molecule has 4 nitrogen and oxygen atoms in total. The molecule has 3 unspecified atom stereocenters. The SMILES string of the molecule is CC1(CC2CCCN2)OCC(CCN)O1. The lowest BCUT2D eigenvalue weighted by atomic mass is 10.1. The molecule has 3 N–H and O–H groups in total. The molecule has 2 fully saturated rings. The van der Waals surface area contributed by atoms with Crippen molar-refractivity contribution in [3.8, 4) is 0 Å². The first-order valence-electron chi connectivity index (χ1n) is 5.97. The fourth-order valence-corrected chi connectivity index (χ4v) is 2.50. The number of rotatable bonds is 4. The predicted molar refractivity (Wildman–Crippen MR) is 58.5 cm³/mol. The number of nitrogens with two attached hydrogens (primary N) is 1. The van der Waals surface area contributed by atoms with Crippen LogP contribution < -0.4 is 11.1 Å². The Morgan fingerprint density at radius 3 is 3.07 bits per heavy atom. The quantitative estimate of drug-likeness (QED) is 0.720. The summed E-state index contributed by atoms with van der Waals surface area (Å²) in [4.78, 5) is 0. The first-order chi connectivity index (χ1) is 7.22. The van der Waals surface area contributed by atoms with Crippen LogP contribution in [-0.2, 0) is 9.47 Å². The molecule has 2 rings (SSSR count). The zero-order valence-electron chi connectivity index (χ0n) is 9.50. The molecule has 0 aliphatic carbocycles. The van der Waals surface area contributed by atoms with Gasteiger partial charge in [-0.15, -0.1) is 0 Å². The number of hydrogen-bond donors (Lipinski definition) is 2. The van der Waals surface area contributed by atoms with Gasteiger partial charge in [-0.1, -0.05) is 0 Å². The molecule has 88 valence electrons. The molecule has 0 saturated carbocycles. The Labute approximate surface area is 91.5 Å². The molecule has 2 aliphatic heterocycles. The predicted octanol–water partition coefficient (Wildman–Crippen LogP) is 0.609. The molecule has 0 radical (unpaired) electrons. The molecular weight excluding hydrogens is 192 g/mol. The molecular formula is C11H22N2O2. The van der Waals surface area contributed by atoms with Crippen LogP contribution in [0.1, 0.15) is 32.6 Å². The van der Waals surface area contributed by atoms with E-state index in [9.17, 15) is 0 Å². The van der Waals surface area contributed by atoms with E-state index in [4.69, 9.17) is 15.2 Å². The summed E-state index contributed by atoms with van der Waals surface area (Å²) in [6.07, 6.45) is 4.56. The Balaban J connectivity index is 1.80. The lowest BCUT2D eigenvalue weighted by Crippen LogP contribution is -2.36. The summed E-state index contributed by atoms with van der Waals surface area (Å²) in [7, 11) is 0. The van der Waals surface area contributed by atoms with E-state index in [1.807, 2.05) is 6.92 Å². The van der Waals surface area contributed by atoms with Crippen LogP contribution in [0.25, 0.3) is 0 Å². The molecule has 15 heavy (non-hydrogen) atoms. The maximum absolute atomic E-state index is 5.91. The zero-order valence-corrected chi connectivity index (χ0v) is 9.50. The molecule has 0 bridgehead atoms. The van der Waals surface area contributed by atoms with Crippen molar-refractivity contribution >= 4 is 0 Å². The van der Waals surface area contributed by atoms with Crippen LogP contribution in [0.4, 0.5) is 0 Å². The molecule has 0 amide bonds. The van der Waals surface area contributed by atoms with E-state index in [2.05, 4.69) is 5.32 Å². The monoisotopic (exact) mass is 214 g/mol. The first kappa shape index (κ1) is 11.3. The van der Waals surface area contributed by atoms with Crippen molar-refractivity contribution in [1.82, 2.24) is 5.32 Å². The van der Waals surface area contributed by atoms with Crippen LogP contribution in [0.2, 0.25) is 0 Å². The second kappa shape index (κ2) is 4.78. The molecule has 0 spiro atoms. The standard InChI is InChI=1S/C11H22N2O2/c1-11(7-9-3-2-6-13-9)14-8-10(15-11)4-5-12/h9-10,13H,2-8,12H2,1H3. The van der Waals surface area contributed by atoms with Crippen LogP contribution >= 0.6 is 0 Å². The van der Waals surface area contributed by atoms with Crippen molar-refractivity contribution < 1.29 is 9.47 Å². The van der Waals surface area contributed by atoms with E-state index < -0.39 is 0 Å². The third-order valence-electron chi connectivity index (χ3n) is 3.26. The third kappa shape index (κ3) is 2.91. The van der Waals surface area contributed by atoms with Gasteiger partial charge in [0.25, 0.3) is 0 Å². The van der Waals surface area contributed by atoms with Crippen LogP contribution in [0, 0.1) is 0 Å². The van der Waals surface area contributed by atoms with Gasteiger partial charge in [0.2, 0.25) is 0 Å². The number of hydrogen-bond acceptors (Lipinski definition) is 4. The van der Waals surface area contributed by atoms with Crippen molar-refractivity contribution in [2.75, 3.05) is 19.7 Å². The topological polar surface area (TPSA) is 56.5 Å². The highest BCUT2D eigenvalue weighted by Gasteiger charge is 2.39. The van der Waals surface area contributed by atoms with Crippen LogP contribution in [0.3, 0.4) is 0 Å². The highest BCUT2D eigenvalue weighted by molar-refractivity contribution is 4.84. The molecule has 0 aromatic carbocycles. The molecule has 2 heterocycles. The molecule has 0 aromatic heterocycles. The molecule has 2 saturated heterocycles. The van der Waals surface area contributed by atoms with Crippen LogP contribution in [0.5, 0.6) is 0 Å². The molecule has 2 aliphatic rings. The van der Waals surface area contributed by atoms with Gasteiger partial charge in [0.05, 0.1) is 12.7 Å². The van der Waals surface area contributed by atoms with E-state index >= 15 is 0 Å². The summed E-state index contributed by atoms with van der Waals surface area (Å²) < 4.78 is 11.7. The van der Waals surface area contributed by atoms with Crippen molar-refractivity contribution in [2.45, 2.75) is 50.5 Å². The van der Waals surface area contributed by atoms with E-state index in [0.29, 0.717) is 19.2 Å². The average molecular weight is 214 g/mol. The Morgan fingerprint density at radius 2 is 2.40 bits per heavy atom. The first-order valence-corrected chi connectivity index (χ1v) is 5.97. The maximum atomic E-state index is 5.91. The van der Waals surface area contributed by atoms with Crippen molar-refractivity contribution in [2.24, 2.45) is 5.73 Å². The highest BCUT2D eigenvalue weighted by atomic mass is 16.7. The van der Waals surface area contributed by atoms with Gasteiger partial charge in [0.15, 0.2) is 5.79 Å². The Bertz CT molecular complexity index is 207. The minimum atomic E-state index is -0.387. The summed E-state index contributed by atoms with van der Waals surface area (Å²) >= 11 is 0. The number of nitrogens with one attached hydrogen (secondary N) is 1. The van der Waals surface area contributed by atoms with Gasteiger partial charge in [0.1, 0.15) is 0 Å². The average Bonchev–Trinajstić information content (AvgIpc) is 2.78. The largest absolute Gasteiger partial charge is 0.347 e. The van der Waals surface area contributed by atoms with Gasteiger partial charge in [-0.3, -0.25) is 0 Å². The smallest absolute Gasteiger partial charge is 0.167 e. The summed E-state index contributed by atoms with van der Waals surface area (Å²) in [5, 5.41) is 3.47. The zero-order chi connectivity index (χ0) is 10.7. The van der Waals surface area contributed by atoms with Gasteiger partial charge >= 0.3 is 0 Å². The normalized spacial score (nSPS) is 41.2. The van der Waals surface area contributed by atoms with Gasteiger partial charge in [-0.05, 0) is 39.3 Å². The number of ether oxygens (including phenoxy) is 2. The maximum Gasteiger partial charge on any atom is 0.167 e. The van der Waals surface area contributed by atoms with E-state index in [-0.39, 0.29) is 11.9 Å². The van der Waals surface area contributed by atoms with Gasteiger partial charge in [-0.25, -0.2) is 0 Å².